The van der Waals surface area contributed by atoms with Gasteiger partial charge in [-0.1, -0.05) is 0 Å². The van der Waals surface area contributed by atoms with Crippen molar-refractivity contribution in [2.45, 2.75) is 6.92 Å². The molecule has 0 spiro atoms. The van der Waals surface area contributed by atoms with E-state index in [1.807, 2.05) is 48.5 Å². The number of likely N-dealkylation sites (N-methyl/N-ethyl adjacent to an activating group) is 2. The van der Waals surface area contributed by atoms with Gasteiger partial charge < -0.3 is 19.5 Å². The predicted octanol–water partition coefficient (Wildman–Crippen LogP) is 3.12. The Hall–Kier alpha value is -4.01. The van der Waals surface area contributed by atoms with Crippen molar-refractivity contribution >= 4 is 22.8 Å². The number of nitrogens with zero attached hydrogens (tertiary/aromatic N) is 6. The highest BCUT2D eigenvalue weighted by Crippen LogP contribution is 2.28. The summed E-state index contributed by atoms with van der Waals surface area (Å²) in [6, 6.07) is 9.60. The summed E-state index contributed by atoms with van der Waals surface area (Å²) in [5.74, 6) is 1.74. The van der Waals surface area contributed by atoms with E-state index in [9.17, 15) is 4.79 Å². The fourth-order valence-electron chi connectivity index (χ4n) is 3.05. The first-order chi connectivity index (χ1) is 15.0. The lowest BCUT2D eigenvalue weighted by molar-refractivity contribution is -0.127. The topological polar surface area (TPSA) is 100 Å². The van der Waals surface area contributed by atoms with E-state index in [1.165, 1.54) is 0 Å². The van der Waals surface area contributed by atoms with Crippen LogP contribution < -0.4 is 9.64 Å². The molecule has 4 aromatic rings. The van der Waals surface area contributed by atoms with Crippen LogP contribution in [0.25, 0.3) is 22.3 Å². The van der Waals surface area contributed by atoms with Gasteiger partial charge in [0.15, 0.2) is 5.82 Å². The van der Waals surface area contributed by atoms with E-state index in [-0.39, 0.29) is 5.91 Å². The van der Waals surface area contributed by atoms with Crippen LogP contribution in [-0.2, 0) is 4.79 Å². The molecule has 4 rings (SSSR count). The third kappa shape index (κ3) is 4.61. The second-order valence-corrected chi connectivity index (χ2v) is 7.17. The zero-order valence-corrected chi connectivity index (χ0v) is 17.6. The maximum absolute atomic E-state index is 11.4. The SMILES string of the molecule is CC(=O)N(C)CCN(C)c1cncc(Oc2ccc(-c3ncnc4[nH]ccc34)cc2)n1. The van der Waals surface area contributed by atoms with Gasteiger partial charge in [-0.3, -0.25) is 9.78 Å². The van der Waals surface area contributed by atoms with Gasteiger partial charge in [-0.15, -0.1) is 0 Å². The van der Waals surface area contributed by atoms with Crippen LogP contribution in [0.5, 0.6) is 11.6 Å². The summed E-state index contributed by atoms with van der Waals surface area (Å²) >= 11 is 0. The lowest BCUT2D eigenvalue weighted by Crippen LogP contribution is -2.33. The Morgan fingerprint density at radius 3 is 2.65 bits per heavy atom. The first-order valence-electron chi connectivity index (χ1n) is 9.82. The summed E-state index contributed by atoms with van der Waals surface area (Å²) < 4.78 is 5.89. The van der Waals surface area contributed by atoms with Crippen LogP contribution in [0.15, 0.2) is 55.2 Å². The van der Waals surface area contributed by atoms with Crippen LogP contribution >= 0.6 is 0 Å². The molecule has 0 saturated carbocycles. The molecular formula is C22H23N7O2. The van der Waals surface area contributed by atoms with Crippen molar-refractivity contribution in [1.82, 2.24) is 29.8 Å². The number of fused-ring (bicyclic) bond motifs is 1. The number of ether oxygens (including phenoxy) is 1. The molecule has 31 heavy (non-hydrogen) atoms. The molecule has 0 atom stereocenters. The van der Waals surface area contributed by atoms with Gasteiger partial charge in [0.05, 0.1) is 18.1 Å². The number of nitrogens with one attached hydrogen (secondary N) is 1. The van der Waals surface area contributed by atoms with E-state index >= 15 is 0 Å². The molecule has 1 aromatic carbocycles. The van der Waals surface area contributed by atoms with Gasteiger partial charge in [-0.25, -0.2) is 9.97 Å². The minimum absolute atomic E-state index is 0.0271. The van der Waals surface area contributed by atoms with Gasteiger partial charge in [-0.05, 0) is 30.3 Å². The van der Waals surface area contributed by atoms with Gasteiger partial charge in [0.2, 0.25) is 11.8 Å². The van der Waals surface area contributed by atoms with Crippen LogP contribution in [0.1, 0.15) is 6.92 Å². The molecule has 0 unspecified atom stereocenters. The average Bonchev–Trinajstić information content (AvgIpc) is 3.27. The van der Waals surface area contributed by atoms with E-state index in [4.69, 9.17) is 4.74 Å². The summed E-state index contributed by atoms with van der Waals surface area (Å²) in [5.41, 5.74) is 2.63. The Morgan fingerprint density at radius 1 is 1.06 bits per heavy atom. The molecule has 1 N–H and O–H groups in total. The molecule has 0 aliphatic carbocycles. The number of H-pyrrole nitrogens is 1. The van der Waals surface area contributed by atoms with Crippen molar-refractivity contribution < 1.29 is 9.53 Å². The molecule has 0 aliphatic rings. The highest BCUT2D eigenvalue weighted by atomic mass is 16.5. The van der Waals surface area contributed by atoms with Gasteiger partial charge in [-0.2, -0.15) is 4.98 Å². The zero-order chi connectivity index (χ0) is 21.8. The zero-order valence-electron chi connectivity index (χ0n) is 17.6. The summed E-state index contributed by atoms with van der Waals surface area (Å²) in [4.78, 5) is 35.4. The largest absolute Gasteiger partial charge is 0.437 e. The number of anilines is 1. The van der Waals surface area contributed by atoms with Crippen LogP contribution in [0, 0.1) is 0 Å². The van der Waals surface area contributed by atoms with Gasteiger partial charge in [0, 0.05) is 51.3 Å². The molecule has 0 saturated heterocycles. The number of benzene rings is 1. The third-order valence-electron chi connectivity index (χ3n) is 5.00. The van der Waals surface area contributed by atoms with Crippen LogP contribution in [0.2, 0.25) is 0 Å². The van der Waals surface area contributed by atoms with E-state index in [1.54, 1.807) is 37.6 Å². The van der Waals surface area contributed by atoms with E-state index in [0.717, 1.165) is 22.3 Å². The predicted molar refractivity (Wildman–Crippen MR) is 118 cm³/mol. The fourth-order valence-corrected chi connectivity index (χ4v) is 3.05. The molecule has 0 bridgehead atoms. The standard InChI is InChI=1S/C22H23N7O2/c1-15(30)28(2)10-11-29(3)19-12-23-13-20(27-19)31-17-6-4-16(5-7-17)21-18-8-9-24-22(18)26-14-25-21/h4-9,12-14H,10-11H2,1-3H3,(H,24,25,26). The second kappa shape index (κ2) is 8.78. The summed E-state index contributed by atoms with van der Waals surface area (Å²) in [6.07, 6.45) is 6.63. The lowest BCUT2D eigenvalue weighted by Gasteiger charge is -2.22. The number of aromatic nitrogens is 5. The van der Waals surface area contributed by atoms with Crippen molar-refractivity contribution in [1.29, 1.82) is 0 Å². The molecule has 0 radical (unpaired) electrons. The number of rotatable bonds is 7. The Balaban J connectivity index is 1.45. The highest BCUT2D eigenvalue weighted by Gasteiger charge is 2.10. The molecule has 0 aliphatic heterocycles. The number of carbonyl (C=O) groups is 1. The van der Waals surface area contributed by atoms with E-state index in [0.29, 0.717) is 30.5 Å². The minimum atomic E-state index is 0.0271. The molecule has 0 fully saturated rings. The van der Waals surface area contributed by atoms with Gasteiger partial charge in [0.25, 0.3) is 0 Å². The number of hydrogen-bond acceptors (Lipinski definition) is 7. The number of carbonyl (C=O) groups excluding carboxylic acids is 1. The molecule has 9 heteroatoms. The number of amides is 1. The maximum Gasteiger partial charge on any atom is 0.239 e. The average molecular weight is 417 g/mol. The fraction of sp³-hybridized carbons (Fsp3) is 0.227. The van der Waals surface area contributed by atoms with Crippen molar-refractivity contribution in [3.63, 3.8) is 0 Å². The number of hydrogen-bond donors (Lipinski definition) is 1. The summed E-state index contributed by atoms with van der Waals surface area (Å²) in [5, 5.41) is 0.966. The van der Waals surface area contributed by atoms with Crippen molar-refractivity contribution in [2.75, 3.05) is 32.1 Å². The first kappa shape index (κ1) is 20.3. The van der Waals surface area contributed by atoms with Crippen molar-refractivity contribution in [3.8, 4) is 22.9 Å². The van der Waals surface area contributed by atoms with E-state index < -0.39 is 0 Å². The lowest BCUT2D eigenvalue weighted by atomic mass is 10.1. The first-order valence-corrected chi connectivity index (χ1v) is 9.82. The monoisotopic (exact) mass is 417 g/mol. The Morgan fingerprint density at radius 2 is 1.87 bits per heavy atom. The Bertz CT molecular complexity index is 1190. The van der Waals surface area contributed by atoms with Crippen molar-refractivity contribution in [2.24, 2.45) is 0 Å². The van der Waals surface area contributed by atoms with Crippen LogP contribution in [-0.4, -0.2) is 62.9 Å². The smallest absolute Gasteiger partial charge is 0.239 e. The van der Waals surface area contributed by atoms with Crippen molar-refractivity contribution in [3.05, 3.63) is 55.2 Å². The quantitative estimate of drug-likeness (QED) is 0.493. The highest BCUT2D eigenvalue weighted by molar-refractivity contribution is 5.90. The molecule has 9 nitrogen and oxygen atoms in total. The van der Waals surface area contributed by atoms with Gasteiger partial charge >= 0.3 is 0 Å². The number of aromatic amines is 1. The maximum atomic E-state index is 11.4. The molecule has 3 aromatic heterocycles. The van der Waals surface area contributed by atoms with Crippen LogP contribution in [0.3, 0.4) is 0 Å². The molecule has 1 amide bonds. The second-order valence-electron chi connectivity index (χ2n) is 7.17. The summed E-state index contributed by atoms with van der Waals surface area (Å²) in [7, 11) is 3.67. The Labute approximate surface area is 179 Å². The van der Waals surface area contributed by atoms with Gasteiger partial charge in [0.1, 0.15) is 17.7 Å². The third-order valence-corrected chi connectivity index (χ3v) is 5.00. The van der Waals surface area contributed by atoms with Crippen LogP contribution in [0.4, 0.5) is 5.82 Å². The summed E-state index contributed by atoms with van der Waals surface area (Å²) in [6.45, 7) is 2.78. The van der Waals surface area contributed by atoms with E-state index in [2.05, 4.69) is 24.9 Å². The molecule has 3 heterocycles. The Kier molecular flexibility index (Phi) is 5.74. The molecular weight excluding hydrogens is 394 g/mol. The normalized spacial score (nSPS) is 10.8. The minimum Gasteiger partial charge on any atom is -0.437 e. The molecule has 158 valence electrons.